The number of nitrogens with zero attached hydrogens (tertiary/aromatic N) is 1. The number of carbonyl (C=O) groups excluding carboxylic acids is 2. The Morgan fingerprint density at radius 2 is 1.25 bits per heavy atom. The molecule has 0 fully saturated rings. The first-order chi connectivity index (χ1) is 7.45. The predicted octanol–water partition coefficient (Wildman–Crippen LogP) is 3.36. The molecular formula is C10H15Br2NO2Sn. The van der Waals surface area contributed by atoms with Crippen LogP contribution < -0.4 is 0 Å². The van der Waals surface area contributed by atoms with E-state index < -0.39 is 18.7 Å². The number of carbonyl (C=O) groups is 2. The fraction of sp³-hybridized carbons (Fsp3) is 0.600. The molecule has 1 aliphatic heterocycles. The van der Waals surface area contributed by atoms with E-state index in [1.54, 1.807) is 3.12 Å². The summed E-state index contributed by atoms with van der Waals surface area (Å²) in [6.45, 7) is 6.30. The average Bonchev–Trinajstić information content (AvgIpc) is 2.49. The van der Waals surface area contributed by atoms with Crippen LogP contribution >= 0.6 is 31.9 Å². The van der Waals surface area contributed by atoms with Gasteiger partial charge in [-0.15, -0.1) is 0 Å². The van der Waals surface area contributed by atoms with Crippen molar-refractivity contribution >= 4 is 62.3 Å². The van der Waals surface area contributed by atoms with E-state index in [-0.39, 0.29) is 11.8 Å². The van der Waals surface area contributed by atoms with Crippen molar-refractivity contribution in [2.75, 3.05) is 0 Å². The Morgan fingerprint density at radius 1 is 0.938 bits per heavy atom. The standard InChI is InChI=1S/C4HBr2NO2.3C2H5.Sn/c5-1-2(6)4(9)7-3(1)8;3*1-2;/h(H,7,8,9);3*1H2,2H3;/q;;;;+1/p-1. The van der Waals surface area contributed by atoms with Gasteiger partial charge in [-0.3, -0.25) is 0 Å². The molecule has 1 aliphatic rings. The molecule has 0 aromatic rings. The minimum atomic E-state index is -2.78. The maximum absolute atomic E-state index is 12.1. The molecule has 0 N–H and O–H groups in total. The van der Waals surface area contributed by atoms with Gasteiger partial charge in [0.2, 0.25) is 0 Å². The topological polar surface area (TPSA) is 37.4 Å². The Hall–Kier alpha value is 0.639. The molecule has 0 spiro atoms. The van der Waals surface area contributed by atoms with E-state index in [1.165, 1.54) is 0 Å². The average molecular weight is 460 g/mol. The van der Waals surface area contributed by atoms with Crippen molar-refractivity contribution in [2.24, 2.45) is 0 Å². The molecule has 0 aromatic carbocycles. The number of halogens is 2. The molecule has 0 bridgehead atoms. The van der Waals surface area contributed by atoms with Gasteiger partial charge in [-0.1, -0.05) is 0 Å². The van der Waals surface area contributed by atoms with Crippen molar-refractivity contribution in [1.29, 1.82) is 0 Å². The first-order valence-corrected chi connectivity index (χ1v) is 14.3. The van der Waals surface area contributed by atoms with E-state index >= 15 is 0 Å². The third-order valence-electron chi connectivity index (χ3n) is 3.42. The fourth-order valence-electron chi connectivity index (χ4n) is 2.13. The number of imide groups is 1. The minimum absolute atomic E-state index is 0.141. The van der Waals surface area contributed by atoms with Crippen LogP contribution in [0.1, 0.15) is 20.8 Å². The van der Waals surface area contributed by atoms with Gasteiger partial charge in [0.05, 0.1) is 0 Å². The van der Waals surface area contributed by atoms with Crippen LogP contribution in [0.15, 0.2) is 8.96 Å². The molecule has 0 saturated heterocycles. The van der Waals surface area contributed by atoms with Crippen molar-refractivity contribution in [3.8, 4) is 0 Å². The third-order valence-corrected chi connectivity index (χ3v) is 20.6. The van der Waals surface area contributed by atoms with E-state index in [4.69, 9.17) is 0 Å². The predicted molar refractivity (Wildman–Crippen MR) is 73.9 cm³/mol. The van der Waals surface area contributed by atoms with Crippen molar-refractivity contribution in [3.63, 3.8) is 0 Å². The second kappa shape index (κ2) is 5.52. The molecule has 3 nitrogen and oxygen atoms in total. The molecule has 0 saturated carbocycles. The van der Waals surface area contributed by atoms with Crippen molar-refractivity contribution in [3.05, 3.63) is 8.96 Å². The van der Waals surface area contributed by atoms with Crippen LogP contribution in [0, 0.1) is 0 Å². The number of hydrogen-bond donors (Lipinski definition) is 0. The van der Waals surface area contributed by atoms with Gasteiger partial charge >= 0.3 is 118 Å². The molecule has 90 valence electrons. The second-order valence-electron chi connectivity index (χ2n) is 3.86. The second-order valence-corrected chi connectivity index (χ2v) is 19.8. The molecule has 6 heteroatoms. The first kappa shape index (κ1) is 14.7. The van der Waals surface area contributed by atoms with Crippen LogP contribution in [-0.2, 0) is 9.59 Å². The summed E-state index contributed by atoms with van der Waals surface area (Å²) < 4.78 is 5.32. The van der Waals surface area contributed by atoms with Crippen molar-refractivity contribution < 1.29 is 9.59 Å². The van der Waals surface area contributed by atoms with Gasteiger partial charge in [-0.2, -0.15) is 0 Å². The van der Waals surface area contributed by atoms with Gasteiger partial charge in [-0.05, 0) is 0 Å². The van der Waals surface area contributed by atoms with Gasteiger partial charge in [0.1, 0.15) is 0 Å². The Morgan fingerprint density at radius 3 is 1.50 bits per heavy atom. The molecule has 0 aromatic heterocycles. The summed E-state index contributed by atoms with van der Waals surface area (Å²) in [5.41, 5.74) is 0. The first-order valence-electron chi connectivity index (χ1n) is 5.39. The van der Waals surface area contributed by atoms with Crippen LogP contribution in [0.3, 0.4) is 0 Å². The third kappa shape index (κ3) is 2.14. The SMILES string of the molecule is C[CH2][Sn]([CH2]C)([CH2]C)[N]1C(=O)C(Br)=C(Br)C1=O. The van der Waals surface area contributed by atoms with Crippen LogP contribution in [0.4, 0.5) is 0 Å². The number of rotatable bonds is 4. The van der Waals surface area contributed by atoms with E-state index in [2.05, 4.69) is 52.6 Å². The van der Waals surface area contributed by atoms with Crippen molar-refractivity contribution in [2.45, 2.75) is 34.1 Å². The van der Waals surface area contributed by atoms with Crippen LogP contribution in [-0.4, -0.2) is 33.6 Å². The summed E-state index contributed by atoms with van der Waals surface area (Å²) in [5.74, 6) is -0.281. The summed E-state index contributed by atoms with van der Waals surface area (Å²) in [5, 5.41) is 0. The monoisotopic (exact) mass is 459 g/mol. The molecule has 1 rings (SSSR count). The number of amides is 2. The maximum atomic E-state index is 12.1. The Kier molecular flexibility index (Phi) is 5.07. The van der Waals surface area contributed by atoms with E-state index in [0.717, 1.165) is 13.3 Å². The van der Waals surface area contributed by atoms with E-state index in [1.807, 2.05) is 0 Å². The normalized spacial score (nSPS) is 17.7. The van der Waals surface area contributed by atoms with Crippen LogP contribution in [0.2, 0.25) is 13.3 Å². The van der Waals surface area contributed by atoms with E-state index in [9.17, 15) is 9.59 Å². The summed E-state index contributed by atoms with van der Waals surface area (Å²) >= 11 is 3.59. The molecule has 16 heavy (non-hydrogen) atoms. The van der Waals surface area contributed by atoms with Crippen LogP contribution in [0.25, 0.3) is 0 Å². The fourth-order valence-corrected chi connectivity index (χ4v) is 13.8. The van der Waals surface area contributed by atoms with Gasteiger partial charge in [0.15, 0.2) is 0 Å². The van der Waals surface area contributed by atoms with Gasteiger partial charge in [-0.25, -0.2) is 0 Å². The van der Waals surface area contributed by atoms with Crippen LogP contribution in [0.5, 0.6) is 0 Å². The molecular weight excluding hydrogens is 445 g/mol. The molecule has 0 radical (unpaired) electrons. The molecule has 0 unspecified atom stereocenters. The summed E-state index contributed by atoms with van der Waals surface area (Å²) in [7, 11) is 0. The zero-order chi connectivity index (χ0) is 12.5. The summed E-state index contributed by atoms with van der Waals surface area (Å²) in [6, 6.07) is 0. The van der Waals surface area contributed by atoms with Gasteiger partial charge < -0.3 is 0 Å². The van der Waals surface area contributed by atoms with E-state index in [0.29, 0.717) is 8.96 Å². The van der Waals surface area contributed by atoms with Crippen molar-refractivity contribution in [1.82, 2.24) is 3.12 Å². The van der Waals surface area contributed by atoms with Gasteiger partial charge in [0.25, 0.3) is 0 Å². The molecule has 2 amide bonds. The Bertz CT molecular complexity index is 332. The summed E-state index contributed by atoms with van der Waals surface area (Å²) in [4.78, 5) is 24.1. The quantitative estimate of drug-likeness (QED) is 0.478. The van der Waals surface area contributed by atoms with Gasteiger partial charge in [0, 0.05) is 0 Å². The molecule has 0 aliphatic carbocycles. The Balaban J connectivity index is 3.17. The zero-order valence-corrected chi connectivity index (χ0v) is 15.7. The Labute approximate surface area is 117 Å². The zero-order valence-electron chi connectivity index (χ0n) is 9.64. The summed E-state index contributed by atoms with van der Waals surface area (Å²) in [6.07, 6.45) is 0. The molecule has 1 heterocycles. The molecule has 0 atom stereocenters. The number of hydrogen-bond acceptors (Lipinski definition) is 2.